The average Bonchev–Trinajstić information content (AvgIpc) is 2.91. The van der Waals surface area contributed by atoms with E-state index in [4.69, 9.17) is 0 Å². The highest BCUT2D eigenvalue weighted by Gasteiger charge is 2.30. The Balaban J connectivity index is 1.57. The van der Waals surface area contributed by atoms with Gasteiger partial charge in [-0.2, -0.15) is 0 Å². The van der Waals surface area contributed by atoms with Gasteiger partial charge in [-0.05, 0) is 39.1 Å². The second-order valence-electron chi connectivity index (χ2n) is 9.47. The first-order chi connectivity index (χ1) is 14.2. The lowest BCUT2D eigenvalue weighted by atomic mass is 10.1. The van der Waals surface area contributed by atoms with E-state index in [1.54, 1.807) is 0 Å². The molecule has 0 bridgehead atoms. The molecule has 3 rings (SSSR count). The average molecular weight is 413 g/mol. The lowest BCUT2D eigenvalue weighted by Gasteiger charge is -2.24. The molecule has 2 aromatic rings. The van der Waals surface area contributed by atoms with Gasteiger partial charge in [-0.3, -0.25) is 9.59 Å². The summed E-state index contributed by atoms with van der Waals surface area (Å²) in [4.78, 5) is 27.8. The van der Waals surface area contributed by atoms with Crippen molar-refractivity contribution in [3.05, 3.63) is 42.5 Å². The number of hydrogen-bond donors (Lipinski definition) is 4. The lowest BCUT2D eigenvalue weighted by Crippen LogP contribution is -3.20. The number of carbonyl (C=O) groups excluding carboxylic acids is 2. The van der Waals surface area contributed by atoms with Crippen molar-refractivity contribution in [2.45, 2.75) is 45.7 Å². The maximum Gasteiger partial charge on any atom is 0.282 e. The van der Waals surface area contributed by atoms with Crippen molar-refractivity contribution in [2.24, 2.45) is 0 Å². The molecule has 2 aromatic carbocycles. The fourth-order valence-electron chi connectivity index (χ4n) is 4.21. The van der Waals surface area contributed by atoms with Crippen LogP contribution in [0, 0.1) is 0 Å². The van der Waals surface area contributed by atoms with Crippen LogP contribution in [0.15, 0.2) is 42.5 Å². The van der Waals surface area contributed by atoms with Crippen molar-refractivity contribution < 1.29 is 19.4 Å². The molecule has 0 aliphatic carbocycles. The Morgan fingerprint density at radius 2 is 1.73 bits per heavy atom. The molecule has 1 aliphatic heterocycles. The number of fused-ring (bicyclic) bond motifs is 1. The van der Waals surface area contributed by atoms with Gasteiger partial charge < -0.3 is 20.4 Å². The van der Waals surface area contributed by atoms with Gasteiger partial charge in [-0.1, -0.05) is 36.4 Å². The molecule has 2 amide bonds. The number of carbonyl (C=O) groups is 2. The largest absolute Gasteiger partial charge is 0.347 e. The van der Waals surface area contributed by atoms with E-state index in [0.29, 0.717) is 6.54 Å². The SMILES string of the molecule is C[C@H](C(=O)Nc1cccc2ccccc12)[NH+]1CCC[NH+](CC(=O)NC(C)(C)C)CC1. The Morgan fingerprint density at radius 3 is 2.50 bits per heavy atom. The molecule has 0 radical (unpaired) electrons. The van der Waals surface area contributed by atoms with Crippen LogP contribution in [0.4, 0.5) is 5.69 Å². The number of hydrogen-bond acceptors (Lipinski definition) is 2. The summed E-state index contributed by atoms with van der Waals surface area (Å²) < 4.78 is 0. The molecule has 1 heterocycles. The van der Waals surface area contributed by atoms with Crippen LogP contribution in [0.2, 0.25) is 0 Å². The standard InChI is InChI=1S/C24H34N4O2/c1-18(23(30)25-21-12-7-10-19-9-5-6-11-20(19)21)28-14-8-13-27(15-16-28)17-22(29)26-24(2,3)4/h5-7,9-12,18H,8,13-17H2,1-4H3,(H,25,30)(H,26,29)/p+2/t18-/m1/s1. The molecule has 0 saturated carbocycles. The highest BCUT2D eigenvalue weighted by atomic mass is 16.2. The highest BCUT2D eigenvalue weighted by molar-refractivity contribution is 6.03. The first-order valence-electron chi connectivity index (χ1n) is 11.0. The monoisotopic (exact) mass is 412 g/mol. The Hall–Kier alpha value is -2.44. The van der Waals surface area contributed by atoms with Gasteiger partial charge >= 0.3 is 0 Å². The topological polar surface area (TPSA) is 67.1 Å². The molecular formula is C24H36N4O2+2. The molecule has 3 atom stereocenters. The number of nitrogens with one attached hydrogen (secondary N) is 4. The van der Waals surface area contributed by atoms with Crippen LogP contribution in [0.5, 0.6) is 0 Å². The molecule has 1 aliphatic rings. The fourth-order valence-corrected chi connectivity index (χ4v) is 4.21. The van der Waals surface area contributed by atoms with Gasteiger partial charge in [0, 0.05) is 23.0 Å². The summed E-state index contributed by atoms with van der Waals surface area (Å²) in [5, 5.41) is 8.38. The number of quaternary nitrogens is 2. The second-order valence-corrected chi connectivity index (χ2v) is 9.47. The van der Waals surface area contributed by atoms with Crippen LogP contribution in [0.3, 0.4) is 0 Å². The molecule has 0 aromatic heterocycles. The minimum atomic E-state index is -0.201. The Bertz CT molecular complexity index is 885. The predicted octanol–water partition coefficient (Wildman–Crippen LogP) is 0.255. The second kappa shape index (κ2) is 9.58. The number of anilines is 1. The van der Waals surface area contributed by atoms with Gasteiger partial charge in [0.05, 0.1) is 13.1 Å². The number of amides is 2. The molecule has 30 heavy (non-hydrogen) atoms. The predicted molar refractivity (Wildman–Crippen MR) is 121 cm³/mol. The highest BCUT2D eigenvalue weighted by Crippen LogP contribution is 2.22. The number of benzene rings is 2. The zero-order valence-corrected chi connectivity index (χ0v) is 18.7. The van der Waals surface area contributed by atoms with Gasteiger partial charge in [0.2, 0.25) is 0 Å². The van der Waals surface area contributed by atoms with Crippen LogP contribution < -0.4 is 20.4 Å². The lowest BCUT2D eigenvalue weighted by molar-refractivity contribution is -0.942. The zero-order chi connectivity index (χ0) is 21.7. The van der Waals surface area contributed by atoms with E-state index >= 15 is 0 Å². The van der Waals surface area contributed by atoms with Crippen molar-refractivity contribution in [1.29, 1.82) is 0 Å². The first-order valence-corrected chi connectivity index (χ1v) is 11.0. The molecule has 6 heteroatoms. The van der Waals surface area contributed by atoms with Gasteiger partial charge in [0.15, 0.2) is 12.6 Å². The van der Waals surface area contributed by atoms with Gasteiger partial charge in [0.1, 0.15) is 13.1 Å². The van der Waals surface area contributed by atoms with Gasteiger partial charge in [-0.25, -0.2) is 0 Å². The molecule has 162 valence electrons. The molecule has 0 spiro atoms. The van der Waals surface area contributed by atoms with E-state index < -0.39 is 0 Å². The summed E-state index contributed by atoms with van der Waals surface area (Å²) in [6, 6.07) is 14.0. The summed E-state index contributed by atoms with van der Waals surface area (Å²) in [5.41, 5.74) is 0.665. The summed E-state index contributed by atoms with van der Waals surface area (Å²) in [6.45, 7) is 12.2. The van der Waals surface area contributed by atoms with E-state index in [2.05, 4.69) is 22.8 Å². The Kier molecular flexibility index (Phi) is 7.10. The maximum atomic E-state index is 13.0. The summed E-state index contributed by atoms with van der Waals surface area (Å²) >= 11 is 0. The van der Waals surface area contributed by atoms with Crippen LogP contribution in [-0.2, 0) is 9.59 Å². The molecular weight excluding hydrogens is 376 g/mol. The van der Waals surface area contributed by atoms with E-state index in [-0.39, 0.29) is 23.4 Å². The van der Waals surface area contributed by atoms with Crippen LogP contribution in [0.1, 0.15) is 34.1 Å². The molecule has 1 saturated heterocycles. The summed E-state index contributed by atoms with van der Waals surface area (Å²) in [5.74, 6) is 0.151. The van der Waals surface area contributed by atoms with Crippen LogP contribution >= 0.6 is 0 Å². The Labute approximate surface area is 179 Å². The maximum absolute atomic E-state index is 13.0. The van der Waals surface area contributed by atoms with Crippen molar-refractivity contribution in [3.8, 4) is 0 Å². The van der Waals surface area contributed by atoms with Crippen LogP contribution in [-0.4, -0.2) is 56.1 Å². The van der Waals surface area contributed by atoms with Crippen molar-refractivity contribution in [3.63, 3.8) is 0 Å². The summed E-state index contributed by atoms with van der Waals surface area (Å²) in [6.07, 6.45) is 1.01. The molecule has 2 unspecified atom stereocenters. The van der Waals surface area contributed by atoms with E-state index in [1.807, 2.05) is 58.0 Å². The fraction of sp³-hybridized carbons (Fsp3) is 0.500. The Morgan fingerprint density at radius 1 is 1.00 bits per heavy atom. The van der Waals surface area contributed by atoms with Gasteiger partial charge in [0.25, 0.3) is 11.8 Å². The van der Waals surface area contributed by atoms with Crippen molar-refractivity contribution in [1.82, 2.24) is 5.32 Å². The first kappa shape index (κ1) is 22.2. The third kappa shape index (κ3) is 6.03. The van der Waals surface area contributed by atoms with E-state index in [0.717, 1.165) is 49.1 Å². The van der Waals surface area contributed by atoms with E-state index in [9.17, 15) is 9.59 Å². The zero-order valence-electron chi connectivity index (χ0n) is 18.7. The third-order valence-electron chi connectivity index (χ3n) is 5.81. The van der Waals surface area contributed by atoms with Crippen molar-refractivity contribution in [2.75, 3.05) is 38.0 Å². The smallest absolute Gasteiger partial charge is 0.282 e. The third-order valence-corrected chi connectivity index (χ3v) is 5.81. The quantitative estimate of drug-likeness (QED) is 0.569. The summed E-state index contributed by atoms with van der Waals surface area (Å²) in [7, 11) is 0. The van der Waals surface area contributed by atoms with Crippen LogP contribution in [0.25, 0.3) is 10.8 Å². The van der Waals surface area contributed by atoms with Gasteiger partial charge in [-0.15, -0.1) is 0 Å². The molecule has 1 fully saturated rings. The molecule has 4 N–H and O–H groups in total. The minimum absolute atomic E-state index is 0.0512. The normalized spacial score (nSPS) is 20.9. The van der Waals surface area contributed by atoms with E-state index in [1.165, 1.54) is 9.80 Å². The number of rotatable bonds is 5. The molecule has 6 nitrogen and oxygen atoms in total. The minimum Gasteiger partial charge on any atom is -0.347 e. The van der Waals surface area contributed by atoms with Crippen molar-refractivity contribution >= 4 is 28.3 Å².